The molecule has 272 valence electrons. The molecule has 1 aromatic heterocycles. The molecular weight excluding hydrogens is 703 g/mol. The largest absolute Gasteiger partial charge is 0.456 e. The van der Waals surface area contributed by atoms with E-state index in [1.54, 1.807) is 0 Å². The molecule has 1 heterocycles. The van der Waals surface area contributed by atoms with Gasteiger partial charge in [0.15, 0.2) is 0 Å². The average molecular weight is 740 g/mol. The zero-order chi connectivity index (χ0) is 38.4. The van der Waals surface area contributed by atoms with Gasteiger partial charge in [-0.25, -0.2) is 0 Å². The van der Waals surface area contributed by atoms with Crippen LogP contribution in [-0.2, 0) is 0 Å². The maximum atomic E-state index is 6.36. The van der Waals surface area contributed by atoms with Crippen LogP contribution in [0.1, 0.15) is 0 Å². The van der Waals surface area contributed by atoms with Crippen molar-refractivity contribution in [1.29, 1.82) is 0 Å². The highest BCUT2D eigenvalue weighted by molar-refractivity contribution is 6.06. The first kappa shape index (κ1) is 33.6. The lowest BCUT2D eigenvalue weighted by atomic mass is 9.96. The maximum Gasteiger partial charge on any atom is 0.136 e. The topological polar surface area (TPSA) is 16.4 Å². The molecule has 0 fully saturated rings. The highest BCUT2D eigenvalue weighted by atomic mass is 16.3. The van der Waals surface area contributed by atoms with Crippen molar-refractivity contribution < 1.29 is 4.42 Å². The summed E-state index contributed by atoms with van der Waals surface area (Å²) in [5.74, 6) is 0. The molecule has 0 spiro atoms. The van der Waals surface area contributed by atoms with Crippen LogP contribution in [0, 0.1) is 0 Å². The Labute approximate surface area is 337 Å². The highest BCUT2D eigenvalue weighted by Crippen LogP contribution is 2.43. The Morgan fingerprint density at radius 3 is 1.34 bits per heavy atom. The first-order valence-electron chi connectivity index (χ1n) is 19.8. The predicted octanol–water partition coefficient (Wildman–Crippen LogP) is 16.0. The summed E-state index contributed by atoms with van der Waals surface area (Å²) < 4.78 is 6.36. The lowest BCUT2D eigenvalue weighted by Gasteiger charge is -2.28. The number of hydrogen-bond acceptors (Lipinski definition) is 2. The number of rotatable bonds is 7. The van der Waals surface area contributed by atoms with Crippen molar-refractivity contribution in [3.8, 4) is 44.5 Å². The molecule has 0 amide bonds. The molecule has 0 saturated carbocycles. The van der Waals surface area contributed by atoms with Crippen LogP contribution in [0.5, 0.6) is 0 Å². The lowest BCUT2D eigenvalue weighted by molar-refractivity contribution is 0.669. The van der Waals surface area contributed by atoms with Crippen LogP contribution in [0.15, 0.2) is 229 Å². The van der Waals surface area contributed by atoms with Crippen LogP contribution >= 0.6 is 0 Å². The standard InChI is InChI=1S/C56H37NO/c1-3-15-47-40(11-1)13-9-19-49(47)42-25-23-38(24-26-42)39-27-32-45(33-28-39)57(46-34-29-43(30-35-46)50-20-10-14-41-12-2-4-16-48(41)50)54-21-7-5-17-51(54)44-31-36-53-52-18-6-8-22-55(52)58-56(53)37-44/h1-37H. The zero-order valence-corrected chi connectivity index (χ0v) is 31.7. The van der Waals surface area contributed by atoms with E-state index in [2.05, 4.69) is 217 Å². The molecular formula is C56H37NO. The normalized spacial score (nSPS) is 11.4. The van der Waals surface area contributed by atoms with Crippen molar-refractivity contribution in [3.05, 3.63) is 224 Å². The fourth-order valence-electron chi connectivity index (χ4n) is 8.62. The molecule has 2 nitrogen and oxygen atoms in total. The Morgan fingerprint density at radius 1 is 0.276 bits per heavy atom. The molecule has 58 heavy (non-hydrogen) atoms. The van der Waals surface area contributed by atoms with Crippen LogP contribution in [-0.4, -0.2) is 0 Å². The molecule has 2 heteroatoms. The second-order valence-corrected chi connectivity index (χ2v) is 14.9. The van der Waals surface area contributed by atoms with E-state index in [4.69, 9.17) is 4.42 Å². The van der Waals surface area contributed by atoms with E-state index in [1.165, 1.54) is 54.9 Å². The number of fused-ring (bicyclic) bond motifs is 5. The molecule has 0 atom stereocenters. The number of anilines is 3. The number of para-hydroxylation sites is 2. The molecule has 0 aliphatic rings. The fraction of sp³-hybridized carbons (Fsp3) is 0. The Morgan fingerprint density at radius 2 is 0.707 bits per heavy atom. The Bertz CT molecular complexity index is 3250. The van der Waals surface area contributed by atoms with E-state index >= 15 is 0 Å². The minimum absolute atomic E-state index is 0.885. The second kappa shape index (κ2) is 14.1. The van der Waals surface area contributed by atoms with Crippen molar-refractivity contribution in [3.63, 3.8) is 0 Å². The van der Waals surface area contributed by atoms with E-state index in [-0.39, 0.29) is 0 Å². The van der Waals surface area contributed by atoms with Crippen molar-refractivity contribution in [2.45, 2.75) is 0 Å². The quantitative estimate of drug-likeness (QED) is 0.162. The van der Waals surface area contributed by atoms with E-state index in [0.717, 1.165) is 50.1 Å². The number of hydrogen-bond donors (Lipinski definition) is 0. The van der Waals surface area contributed by atoms with Crippen molar-refractivity contribution >= 4 is 60.5 Å². The third-order valence-electron chi connectivity index (χ3n) is 11.5. The monoisotopic (exact) mass is 739 g/mol. The third-order valence-corrected chi connectivity index (χ3v) is 11.5. The van der Waals surface area contributed by atoms with Gasteiger partial charge in [-0.3, -0.25) is 0 Å². The van der Waals surface area contributed by atoms with Gasteiger partial charge in [0.25, 0.3) is 0 Å². The third kappa shape index (κ3) is 5.91. The van der Waals surface area contributed by atoms with Crippen LogP contribution in [0.25, 0.3) is 88.0 Å². The number of nitrogens with zero attached hydrogens (tertiary/aromatic N) is 1. The van der Waals surface area contributed by atoms with Crippen LogP contribution in [0.2, 0.25) is 0 Å². The molecule has 11 aromatic rings. The minimum atomic E-state index is 0.885. The summed E-state index contributed by atoms with van der Waals surface area (Å²) >= 11 is 0. The van der Waals surface area contributed by atoms with Gasteiger partial charge < -0.3 is 9.32 Å². The van der Waals surface area contributed by atoms with Gasteiger partial charge in [-0.1, -0.05) is 176 Å². The summed E-state index contributed by atoms with van der Waals surface area (Å²) in [5.41, 5.74) is 14.5. The van der Waals surface area contributed by atoms with E-state index in [0.29, 0.717) is 0 Å². The predicted molar refractivity (Wildman–Crippen MR) is 245 cm³/mol. The summed E-state index contributed by atoms with van der Waals surface area (Å²) in [4.78, 5) is 2.37. The molecule has 0 aliphatic carbocycles. The Balaban J connectivity index is 0.997. The van der Waals surface area contributed by atoms with Crippen molar-refractivity contribution in [2.24, 2.45) is 0 Å². The fourth-order valence-corrected chi connectivity index (χ4v) is 8.62. The molecule has 0 N–H and O–H groups in total. The van der Waals surface area contributed by atoms with Gasteiger partial charge in [0.2, 0.25) is 0 Å². The summed E-state index contributed by atoms with van der Waals surface area (Å²) in [6.45, 7) is 0. The minimum Gasteiger partial charge on any atom is -0.456 e. The Hall–Kier alpha value is -7.68. The average Bonchev–Trinajstić information content (AvgIpc) is 3.67. The first-order chi connectivity index (χ1) is 28.7. The van der Waals surface area contributed by atoms with E-state index in [1.807, 2.05) is 12.1 Å². The lowest BCUT2D eigenvalue weighted by Crippen LogP contribution is -2.11. The zero-order valence-electron chi connectivity index (χ0n) is 31.7. The van der Waals surface area contributed by atoms with Crippen molar-refractivity contribution in [2.75, 3.05) is 4.90 Å². The van der Waals surface area contributed by atoms with Gasteiger partial charge >= 0.3 is 0 Å². The van der Waals surface area contributed by atoms with Crippen LogP contribution < -0.4 is 4.90 Å². The Kier molecular flexibility index (Phi) is 8.19. The van der Waals surface area contributed by atoms with Gasteiger partial charge in [0, 0.05) is 27.7 Å². The number of benzene rings is 10. The van der Waals surface area contributed by atoms with Gasteiger partial charge in [-0.15, -0.1) is 0 Å². The molecule has 0 bridgehead atoms. The molecule has 0 unspecified atom stereocenters. The summed E-state index contributed by atoms with van der Waals surface area (Å²) in [7, 11) is 0. The van der Waals surface area contributed by atoms with Crippen molar-refractivity contribution in [1.82, 2.24) is 0 Å². The van der Waals surface area contributed by atoms with Gasteiger partial charge in [-0.2, -0.15) is 0 Å². The van der Waals surface area contributed by atoms with Crippen LogP contribution in [0.4, 0.5) is 17.1 Å². The summed E-state index contributed by atoms with van der Waals surface area (Å²) in [6.07, 6.45) is 0. The van der Waals surface area contributed by atoms with Gasteiger partial charge in [0.05, 0.1) is 5.69 Å². The van der Waals surface area contributed by atoms with E-state index in [9.17, 15) is 0 Å². The molecule has 11 rings (SSSR count). The molecule has 0 radical (unpaired) electrons. The summed E-state index contributed by atoms with van der Waals surface area (Å²) in [5, 5.41) is 7.27. The number of furan rings is 1. The van der Waals surface area contributed by atoms with Gasteiger partial charge in [-0.05, 0) is 109 Å². The molecule has 0 saturated heterocycles. The van der Waals surface area contributed by atoms with Crippen LogP contribution in [0.3, 0.4) is 0 Å². The van der Waals surface area contributed by atoms with Gasteiger partial charge in [0.1, 0.15) is 11.2 Å². The first-order valence-corrected chi connectivity index (χ1v) is 19.8. The smallest absolute Gasteiger partial charge is 0.136 e. The molecule has 0 aliphatic heterocycles. The highest BCUT2D eigenvalue weighted by Gasteiger charge is 2.19. The summed E-state index contributed by atoms with van der Waals surface area (Å²) in [6, 6.07) is 80.7. The SMILES string of the molecule is c1ccc(N(c2ccc(-c3ccc(-c4cccc5ccccc45)cc3)cc2)c2ccc(-c3cccc4ccccc34)cc2)c(-c2ccc3c(c2)oc2ccccc23)c1. The molecule has 10 aromatic carbocycles. The van der Waals surface area contributed by atoms with E-state index < -0.39 is 0 Å². The maximum absolute atomic E-state index is 6.36. The second-order valence-electron chi connectivity index (χ2n) is 14.9.